The summed E-state index contributed by atoms with van der Waals surface area (Å²) < 4.78 is 624. The number of hydrogen-bond donors (Lipinski definition) is 0. The molecule has 0 unspecified atom stereocenters. The zero-order valence-corrected chi connectivity index (χ0v) is 45.3. The predicted molar refractivity (Wildman–Crippen MR) is 254 cm³/mol. The molecule has 0 heterocycles. The molecule has 40 heteroatoms. The molecule has 100 heavy (non-hydrogen) atoms. The highest BCUT2D eigenvalue weighted by Gasteiger charge is 2.44. The normalized spacial score (nSPS) is 11.8. The Labute approximate surface area is 520 Å². The minimum Gasteiger partial charge on any atom is -0.206 e. The van der Waals surface area contributed by atoms with Gasteiger partial charge >= 0.3 is 0 Å². The van der Waals surface area contributed by atoms with E-state index in [9.17, 15) is 52.7 Å². The molecule has 0 amide bonds. The number of benzene rings is 10. The summed E-state index contributed by atoms with van der Waals surface area (Å²) in [6.07, 6.45) is 0. The van der Waals surface area contributed by atoms with E-state index in [0.29, 0.717) is 0 Å². The van der Waals surface area contributed by atoms with Crippen LogP contribution in [0.5, 0.6) is 0 Å². The molecular formula is C60H2F40. The molecule has 0 fully saturated rings. The highest BCUT2D eigenvalue weighted by atomic mass is 19.2. The van der Waals surface area contributed by atoms with Gasteiger partial charge in [0, 0.05) is 22.3 Å². The molecule has 0 aliphatic carbocycles. The molecule has 0 saturated heterocycles. The lowest BCUT2D eigenvalue weighted by atomic mass is 9.85. The van der Waals surface area contributed by atoms with Crippen LogP contribution in [-0.2, 0) is 0 Å². The van der Waals surface area contributed by atoms with Crippen molar-refractivity contribution in [2.45, 2.75) is 0 Å². The average Bonchev–Trinajstić information content (AvgIpc) is 0.721. The van der Waals surface area contributed by atoms with Crippen molar-refractivity contribution in [3.05, 3.63) is 245 Å². The van der Waals surface area contributed by atoms with Gasteiger partial charge in [0.05, 0.1) is 77.9 Å². The van der Waals surface area contributed by atoms with Crippen LogP contribution in [0.2, 0.25) is 0 Å². The average molecular weight is 1480 g/mol. The van der Waals surface area contributed by atoms with Crippen LogP contribution in [0, 0.1) is 233 Å². The first-order valence-electron chi connectivity index (χ1n) is 25.0. The lowest BCUT2D eigenvalue weighted by molar-refractivity contribution is 0.379. The van der Waals surface area contributed by atoms with Crippen LogP contribution in [0.4, 0.5) is 176 Å². The third kappa shape index (κ3) is 9.85. The van der Waals surface area contributed by atoms with Gasteiger partial charge in [-0.3, -0.25) is 0 Å². The van der Waals surface area contributed by atoms with Gasteiger partial charge in [-0.25, -0.2) is 176 Å². The van der Waals surface area contributed by atoms with Crippen molar-refractivity contribution in [2.75, 3.05) is 0 Å². The van der Waals surface area contributed by atoms with Gasteiger partial charge < -0.3 is 0 Å². The fourth-order valence-corrected chi connectivity index (χ4v) is 10.1. The summed E-state index contributed by atoms with van der Waals surface area (Å²) in [5.74, 6) is -142. The first kappa shape index (κ1) is 72.2. The van der Waals surface area contributed by atoms with Crippen LogP contribution in [0.1, 0.15) is 0 Å². The Hall–Kier alpha value is -10.6. The second-order valence-electron chi connectivity index (χ2n) is 19.8. The van der Waals surface area contributed by atoms with Gasteiger partial charge in [-0.1, -0.05) is 0 Å². The summed E-state index contributed by atoms with van der Waals surface area (Å²) in [5.41, 5.74) is -58.9. The summed E-state index contributed by atoms with van der Waals surface area (Å²) >= 11 is 0. The monoisotopic (exact) mass is 1480 g/mol. The summed E-state index contributed by atoms with van der Waals surface area (Å²) in [6.45, 7) is 0. The lowest BCUT2D eigenvalue weighted by Crippen LogP contribution is -2.13. The molecular weight excluding hydrogens is 1480 g/mol. The molecule has 0 saturated carbocycles. The topological polar surface area (TPSA) is 0 Å². The van der Waals surface area contributed by atoms with E-state index in [0.717, 1.165) is 0 Å². The molecule has 0 nitrogen and oxygen atoms in total. The quantitative estimate of drug-likeness (QED) is 0.0768. The fourth-order valence-electron chi connectivity index (χ4n) is 10.1. The molecule has 10 aromatic carbocycles. The third-order valence-electron chi connectivity index (χ3n) is 14.6. The van der Waals surface area contributed by atoms with Gasteiger partial charge in [0.15, 0.2) is 186 Å². The summed E-state index contributed by atoms with van der Waals surface area (Å²) in [4.78, 5) is 0. The zero-order chi connectivity index (χ0) is 74.9. The van der Waals surface area contributed by atoms with Gasteiger partial charge in [-0.05, 0) is 12.1 Å². The van der Waals surface area contributed by atoms with Crippen molar-refractivity contribution in [1.29, 1.82) is 0 Å². The first-order valence-corrected chi connectivity index (χ1v) is 25.0. The van der Waals surface area contributed by atoms with Gasteiger partial charge in [0.25, 0.3) is 0 Å². The zero-order valence-electron chi connectivity index (χ0n) is 45.3. The van der Waals surface area contributed by atoms with Crippen LogP contribution in [0.15, 0.2) is 12.1 Å². The Bertz CT molecular complexity index is 5030. The fraction of sp³-hybridized carbons (Fsp3) is 0. The van der Waals surface area contributed by atoms with Crippen molar-refractivity contribution in [2.24, 2.45) is 0 Å². The van der Waals surface area contributed by atoms with Crippen molar-refractivity contribution in [3.8, 4) is 100 Å². The van der Waals surface area contributed by atoms with Crippen LogP contribution in [-0.4, -0.2) is 0 Å². The van der Waals surface area contributed by atoms with Crippen molar-refractivity contribution < 1.29 is 176 Å². The second kappa shape index (κ2) is 24.7. The molecule has 0 radical (unpaired) electrons. The maximum Gasteiger partial charge on any atom is 0.200 e. The predicted octanol–water partition coefficient (Wildman–Crippen LogP) is 22.3. The Morgan fingerprint density at radius 1 is 0.0800 bits per heavy atom. The van der Waals surface area contributed by atoms with E-state index in [1.165, 1.54) is 0 Å². The number of rotatable bonds is 9. The smallest absolute Gasteiger partial charge is 0.200 e. The largest absolute Gasteiger partial charge is 0.206 e. The summed E-state index contributed by atoms with van der Waals surface area (Å²) in [5, 5.41) is 0. The standard InChI is InChI=1S/C60H2F40/c61-21-4(8-25(65)31(71)13(32(72)26(8)66)17-41(81)49(89)57(97)50(90)42(17)82)2-5(9-27(67)33(73)14(34(74)28(9)68)18-43(83)51(91)58(98)52(92)44(18)84)22(62)7(21)3-1-6(10-29(69)35(75)15(36(76)30(10)70)19-45(85)53(93)59(99)54(94)46(19)86)24(64)11(23(3)63)12-37(77)39(79)16(40(80)38(12)78)20-47(87)55(95)60(100)56(96)48(20)88/h1-2H. The van der Waals surface area contributed by atoms with Gasteiger partial charge in [-0.15, -0.1) is 0 Å². The van der Waals surface area contributed by atoms with E-state index in [4.69, 9.17) is 0 Å². The van der Waals surface area contributed by atoms with Crippen LogP contribution >= 0.6 is 0 Å². The molecule has 0 aromatic heterocycles. The highest BCUT2D eigenvalue weighted by Crippen LogP contribution is 2.53. The maximum absolute atomic E-state index is 17.8. The second-order valence-corrected chi connectivity index (χ2v) is 19.8. The van der Waals surface area contributed by atoms with Crippen LogP contribution in [0.3, 0.4) is 0 Å². The molecule has 0 bridgehead atoms. The number of hydrogen-bond acceptors (Lipinski definition) is 0. The summed E-state index contributed by atoms with van der Waals surface area (Å²) in [6, 6.07) is -2.63. The number of halogens is 40. The lowest BCUT2D eigenvalue weighted by Gasteiger charge is -2.22. The Kier molecular flexibility index (Phi) is 17.8. The first-order chi connectivity index (χ1) is 46.4. The molecule has 0 atom stereocenters. The van der Waals surface area contributed by atoms with Crippen molar-refractivity contribution in [3.63, 3.8) is 0 Å². The third-order valence-corrected chi connectivity index (χ3v) is 14.6. The highest BCUT2D eigenvalue weighted by molar-refractivity contribution is 5.91. The minimum absolute atomic E-state index is 1.27. The molecule has 522 valence electrons. The van der Waals surface area contributed by atoms with Crippen LogP contribution < -0.4 is 0 Å². The van der Waals surface area contributed by atoms with Gasteiger partial charge in [0.1, 0.15) is 23.3 Å². The Morgan fingerprint density at radius 2 is 0.150 bits per heavy atom. The van der Waals surface area contributed by atoms with Gasteiger partial charge in [0.2, 0.25) is 23.3 Å². The van der Waals surface area contributed by atoms with Gasteiger partial charge in [-0.2, -0.15) is 0 Å². The van der Waals surface area contributed by atoms with E-state index >= 15 is 123 Å². The Morgan fingerprint density at radius 3 is 0.280 bits per heavy atom. The molecule has 0 spiro atoms. The molecule has 0 aliphatic heterocycles. The van der Waals surface area contributed by atoms with E-state index in [1.807, 2.05) is 0 Å². The Balaban J connectivity index is 1.44. The van der Waals surface area contributed by atoms with E-state index < -0.39 is 345 Å². The van der Waals surface area contributed by atoms with E-state index in [2.05, 4.69) is 0 Å². The summed E-state index contributed by atoms with van der Waals surface area (Å²) in [7, 11) is 0. The molecule has 0 aliphatic rings. The van der Waals surface area contributed by atoms with E-state index in [-0.39, 0.29) is 0 Å². The van der Waals surface area contributed by atoms with Crippen LogP contribution in [0.25, 0.3) is 100 Å². The SMILES string of the molecule is Fc1c(F)c(F)c(-c2c(F)c(F)c(-c3cc(-c4c(F)c(F)c(-c5c(F)c(F)c(F)c(F)c5F)c(F)c4F)c(F)c(-c4cc(-c5c(F)c(F)c(-c6c(F)c(F)c(F)c(F)c6F)c(F)c5F)c(F)c(-c5c(F)c(F)c(-c6c(F)c(F)c(F)c(F)c6F)c(F)c5F)c4F)c3F)c(F)c2F)c(F)c1F. The van der Waals surface area contributed by atoms with Crippen molar-refractivity contribution in [1.82, 2.24) is 0 Å². The molecule has 0 N–H and O–H groups in total. The molecule has 10 rings (SSSR count). The van der Waals surface area contributed by atoms with Crippen molar-refractivity contribution >= 4 is 0 Å². The minimum atomic E-state index is -3.89. The molecule has 10 aromatic rings. The maximum atomic E-state index is 17.8. The van der Waals surface area contributed by atoms with E-state index in [1.54, 1.807) is 0 Å².